The van der Waals surface area contributed by atoms with E-state index < -0.39 is 0 Å². The Kier molecular flexibility index (Phi) is 12.6. The van der Waals surface area contributed by atoms with Crippen LogP contribution in [0.15, 0.2) is 17.4 Å². The molecule has 2 rings (SSSR count). The van der Waals surface area contributed by atoms with Crippen molar-refractivity contribution in [2.24, 2.45) is 12.0 Å². The lowest BCUT2D eigenvalue weighted by molar-refractivity contribution is -0.00804. The fourth-order valence-corrected chi connectivity index (χ4v) is 2.82. The SMILES string of the molecule is CCNC(=NCCCCOCCOC)N1CCOC(c2cnn(C)c2)C1.I. The predicted molar refractivity (Wildman–Crippen MR) is 117 cm³/mol. The van der Waals surface area contributed by atoms with Gasteiger partial charge in [-0.15, -0.1) is 24.0 Å². The van der Waals surface area contributed by atoms with Gasteiger partial charge in [-0.05, 0) is 19.8 Å². The van der Waals surface area contributed by atoms with E-state index >= 15 is 0 Å². The number of methoxy groups -OCH3 is 1. The number of aliphatic imine (C=N–C) groups is 1. The summed E-state index contributed by atoms with van der Waals surface area (Å²) in [7, 11) is 3.61. The minimum Gasteiger partial charge on any atom is -0.382 e. The van der Waals surface area contributed by atoms with Gasteiger partial charge in [0.1, 0.15) is 6.10 Å². The maximum absolute atomic E-state index is 5.92. The smallest absolute Gasteiger partial charge is 0.194 e. The molecule has 0 saturated carbocycles. The number of aryl methyl sites for hydroxylation is 1. The molecule has 1 aromatic heterocycles. The van der Waals surface area contributed by atoms with Gasteiger partial charge in [0.25, 0.3) is 0 Å². The monoisotopic (exact) mass is 495 g/mol. The molecule has 1 aliphatic rings. The molecule has 8 nitrogen and oxygen atoms in total. The Morgan fingerprint density at radius 3 is 2.93 bits per heavy atom. The lowest BCUT2D eigenvalue weighted by Crippen LogP contribution is -2.48. The molecule has 1 atom stereocenters. The van der Waals surface area contributed by atoms with Crippen LogP contribution in [0.1, 0.15) is 31.4 Å². The Hall–Kier alpha value is -0.910. The normalized spacial score (nSPS) is 17.7. The molecule has 1 aliphatic heterocycles. The van der Waals surface area contributed by atoms with Gasteiger partial charge in [-0.1, -0.05) is 0 Å². The number of halogens is 1. The zero-order valence-electron chi connectivity index (χ0n) is 16.7. The van der Waals surface area contributed by atoms with Crippen molar-refractivity contribution in [2.75, 3.05) is 59.7 Å². The number of unbranched alkanes of at least 4 members (excludes halogenated alkanes) is 1. The lowest BCUT2D eigenvalue weighted by atomic mass is 10.1. The molecule has 9 heteroatoms. The van der Waals surface area contributed by atoms with Gasteiger partial charge in [0.05, 0.1) is 32.6 Å². The van der Waals surface area contributed by atoms with Gasteiger partial charge >= 0.3 is 0 Å². The van der Waals surface area contributed by atoms with Crippen molar-refractivity contribution in [3.8, 4) is 0 Å². The fourth-order valence-electron chi connectivity index (χ4n) is 2.82. The lowest BCUT2D eigenvalue weighted by Gasteiger charge is -2.34. The third kappa shape index (κ3) is 8.75. The number of nitrogens with zero attached hydrogens (tertiary/aromatic N) is 4. The van der Waals surface area contributed by atoms with E-state index in [0.717, 1.165) is 57.2 Å². The number of nitrogens with one attached hydrogen (secondary N) is 1. The van der Waals surface area contributed by atoms with Crippen molar-refractivity contribution in [3.63, 3.8) is 0 Å². The molecule has 0 radical (unpaired) electrons. The first-order valence-electron chi connectivity index (χ1n) is 9.44. The third-order valence-corrected chi connectivity index (χ3v) is 4.19. The predicted octanol–water partition coefficient (Wildman–Crippen LogP) is 1.82. The minimum absolute atomic E-state index is 0. The molecule has 1 aromatic rings. The van der Waals surface area contributed by atoms with Crippen LogP contribution in [-0.2, 0) is 21.3 Å². The summed E-state index contributed by atoms with van der Waals surface area (Å²) in [4.78, 5) is 7.06. The summed E-state index contributed by atoms with van der Waals surface area (Å²) in [5, 5.41) is 7.65. The molecule has 0 aliphatic carbocycles. The number of ether oxygens (including phenoxy) is 3. The van der Waals surface area contributed by atoms with Crippen LogP contribution in [0.3, 0.4) is 0 Å². The molecule has 27 heavy (non-hydrogen) atoms. The van der Waals surface area contributed by atoms with Crippen LogP contribution in [0.5, 0.6) is 0 Å². The van der Waals surface area contributed by atoms with Gasteiger partial charge in [0.2, 0.25) is 0 Å². The molecular weight excluding hydrogens is 461 g/mol. The van der Waals surface area contributed by atoms with Crippen LogP contribution in [0.4, 0.5) is 0 Å². The van der Waals surface area contributed by atoms with Crippen LogP contribution in [0.25, 0.3) is 0 Å². The minimum atomic E-state index is 0. The van der Waals surface area contributed by atoms with Crippen LogP contribution < -0.4 is 5.32 Å². The van der Waals surface area contributed by atoms with E-state index in [2.05, 4.69) is 22.2 Å². The highest BCUT2D eigenvalue weighted by atomic mass is 127. The number of morpholine rings is 1. The number of hydrogen-bond donors (Lipinski definition) is 1. The topological polar surface area (TPSA) is 73.1 Å². The first-order valence-corrected chi connectivity index (χ1v) is 9.44. The molecular formula is C18H34IN5O3. The standard InChI is InChI=1S/C18H33N5O3.HI/c1-4-19-18(20-7-5-6-9-25-12-11-24-3)23-8-10-26-17(15-23)16-13-21-22(2)14-16;/h13-14,17H,4-12,15H2,1-3H3,(H,19,20);1H. The maximum Gasteiger partial charge on any atom is 0.194 e. The highest BCUT2D eigenvalue weighted by Crippen LogP contribution is 2.21. The number of rotatable bonds is 10. The van der Waals surface area contributed by atoms with Crippen LogP contribution in [-0.4, -0.2) is 80.4 Å². The Balaban J connectivity index is 0.00000364. The van der Waals surface area contributed by atoms with Gasteiger partial charge in [0.15, 0.2) is 5.96 Å². The first-order chi connectivity index (χ1) is 12.7. The highest BCUT2D eigenvalue weighted by Gasteiger charge is 2.25. The second-order valence-corrected chi connectivity index (χ2v) is 6.30. The van der Waals surface area contributed by atoms with Crippen LogP contribution >= 0.6 is 24.0 Å². The Morgan fingerprint density at radius 2 is 2.22 bits per heavy atom. The number of hydrogen-bond acceptors (Lipinski definition) is 5. The summed E-state index contributed by atoms with van der Waals surface area (Å²) >= 11 is 0. The molecule has 1 fully saturated rings. The van der Waals surface area contributed by atoms with Crippen molar-refractivity contribution in [2.45, 2.75) is 25.9 Å². The van der Waals surface area contributed by atoms with Crippen molar-refractivity contribution >= 4 is 29.9 Å². The first kappa shape index (κ1) is 24.1. The number of guanidine groups is 1. The highest BCUT2D eigenvalue weighted by molar-refractivity contribution is 14.0. The van der Waals surface area contributed by atoms with E-state index in [-0.39, 0.29) is 30.1 Å². The van der Waals surface area contributed by atoms with Gasteiger partial charge < -0.3 is 24.4 Å². The zero-order chi connectivity index (χ0) is 18.6. The van der Waals surface area contributed by atoms with E-state index in [1.807, 2.05) is 24.1 Å². The summed E-state index contributed by atoms with van der Waals surface area (Å²) in [6.07, 6.45) is 5.95. The summed E-state index contributed by atoms with van der Waals surface area (Å²) in [5.74, 6) is 0.963. The van der Waals surface area contributed by atoms with Gasteiger partial charge in [0, 0.05) is 52.2 Å². The Bertz CT molecular complexity index is 541. The average Bonchev–Trinajstić information content (AvgIpc) is 3.09. The summed E-state index contributed by atoms with van der Waals surface area (Å²) < 4.78 is 18.2. The summed E-state index contributed by atoms with van der Waals surface area (Å²) in [6.45, 7) is 8.15. The molecule has 0 amide bonds. The molecule has 1 N–H and O–H groups in total. The molecule has 0 bridgehead atoms. The second kappa shape index (κ2) is 14.1. The van der Waals surface area contributed by atoms with E-state index in [1.165, 1.54) is 0 Å². The molecule has 0 aromatic carbocycles. The van der Waals surface area contributed by atoms with E-state index in [0.29, 0.717) is 19.8 Å². The molecule has 2 heterocycles. The quantitative estimate of drug-likeness (QED) is 0.231. The van der Waals surface area contributed by atoms with E-state index in [4.69, 9.17) is 19.2 Å². The van der Waals surface area contributed by atoms with Crippen molar-refractivity contribution < 1.29 is 14.2 Å². The molecule has 1 saturated heterocycles. The van der Waals surface area contributed by atoms with Gasteiger partial charge in [-0.2, -0.15) is 5.10 Å². The largest absolute Gasteiger partial charge is 0.382 e. The van der Waals surface area contributed by atoms with Crippen molar-refractivity contribution in [1.29, 1.82) is 0 Å². The fraction of sp³-hybridized carbons (Fsp3) is 0.778. The maximum atomic E-state index is 5.92. The van der Waals surface area contributed by atoms with E-state index in [9.17, 15) is 0 Å². The van der Waals surface area contributed by atoms with Crippen LogP contribution in [0, 0.1) is 0 Å². The van der Waals surface area contributed by atoms with Gasteiger partial charge in [-0.3, -0.25) is 9.67 Å². The van der Waals surface area contributed by atoms with Gasteiger partial charge in [-0.25, -0.2) is 0 Å². The van der Waals surface area contributed by atoms with Crippen LogP contribution in [0.2, 0.25) is 0 Å². The summed E-state index contributed by atoms with van der Waals surface area (Å²) in [6, 6.07) is 0. The third-order valence-electron chi connectivity index (χ3n) is 4.19. The second-order valence-electron chi connectivity index (χ2n) is 6.30. The Morgan fingerprint density at radius 1 is 1.37 bits per heavy atom. The summed E-state index contributed by atoms with van der Waals surface area (Å²) in [5.41, 5.74) is 1.11. The molecule has 156 valence electrons. The molecule has 1 unspecified atom stereocenters. The Labute approximate surface area is 179 Å². The zero-order valence-corrected chi connectivity index (χ0v) is 19.1. The van der Waals surface area contributed by atoms with Crippen molar-refractivity contribution in [1.82, 2.24) is 20.0 Å². The number of aromatic nitrogens is 2. The van der Waals surface area contributed by atoms with E-state index in [1.54, 1.807) is 7.11 Å². The van der Waals surface area contributed by atoms with Crippen molar-refractivity contribution in [3.05, 3.63) is 18.0 Å². The average molecular weight is 495 g/mol. The molecule has 0 spiro atoms.